The van der Waals surface area contributed by atoms with Crippen LogP contribution in [0.4, 0.5) is 5.69 Å². The number of para-hydroxylation sites is 1. The van der Waals surface area contributed by atoms with E-state index in [9.17, 15) is 24.6 Å². The first-order valence-electron chi connectivity index (χ1n) is 8.05. The van der Waals surface area contributed by atoms with Gasteiger partial charge in [-0.25, -0.2) is 4.79 Å². The molecule has 1 unspecified atom stereocenters. The van der Waals surface area contributed by atoms with E-state index in [2.05, 4.69) is 5.10 Å². The lowest BCUT2D eigenvalue weighted by Crippen LogP contribution is -2.37. The van der Waals surface area contributed by atoms with Gasteiger partial charge in [0.05, 0.1) is 11.6 Å². The Morgan fingerprint density at radius 1 is 1.08 bits per heavy atom. The zero-order valence-electron chi connectivity index (χ0n) is 13.7. The van der Waals surface area contributed by atoms with Crippen molar-refractivity contribution >= 4 is 29.2 Å². The number of benzene rings is 1. The Labute approximate surface area is 144 Å². The minimum Gasteiger partial charge on any atom is -0.481 e. The molecular weight excluding hydrogens is 326 g/mol. The number of carboxylic acids is 2. The molecule has 25 heavy (non-hydrogen) atoms. The van der Waals surface area contributed by atoms with Gasteiger partial charge in [0.15, 0.2) is 6.04 Å². The van der Waals surface area contributed by atoms with Crippen LogP contribution in [0, 0.1) is 11.8 Å². The number of carbonyl (C=O) groups is 3. The Balaban J connectivity index is 1.81. The standard InChI is InChI=1S/C17H19N3O5/c1-10-8-19(9-12(10)16(22)23)15(21)13-7-14(17(24)25)20(18-13)11-5-3-2-4-6-11/h2-6,10,12,14H,7-9H2,1H3,(H,22,23)(H,24,25)/t10-,12-,14?/m1/s1. The van der Waals surface area contributed by atoms with Crippen LogP contribution < -0.4 is 5.01 Å². The Kier molecular flexibility index (Phi) is 4.43. The molecule has 3 atom stereocenters. The molecule has 2 N–H and O–H groups in total. The fraction of sp³-hybridized carbons (Fsp3) is 0.412. The largest absolute Gasteiger partial charge is 0.481 e. The smallest absolute Gasteiger partial charge is 0.328 e. The zero-order valence-corrected chi connectivity index (χ0v) is 13.7. The molecule has 8 nitrogen and oxygen atoms in total. The first-order valence-corrected chi connectivity index (χ1v) is 8.05. The van der Waals surface area contributed by atoms with E-state index in [-0.39, 0.29) is 30.5 Å². The van der Waals surface area contributed by atoms with Crippen molar-refractivity contribution in [3.63, 3.8) is 0 Å². The monoisotopic (exact) mass is 345 g/mol. The molecule has 1 saturated heterocycles. The molecule has 1 aromatic rings. The zero-order chi connectivity index (χ0) is 18.1. The van der Waals surface area contributed by atoms with Crippen LogP contribution in [0.2, 0.25) is 0 Å². The summed E-state index contributed by atoms with van der Waals surface area (Å²) in [7, 11) is 0. The summed E-state index contributed by atoms with van der Waals surface area (Å²) in [5, 5.41) is 24.2. The number of amides is 1. The SMILES string of the molecule is C[C@@H]1CN(C(=O)C2=NN(c3ccccc3)C(C(=O)O)C2)C[C@H]1C(=O)O. The highest BCUT2D eigenvalue weighted by Crippen LogP contribution is 2.28. The molecule has 132 valence electrons. The maximum Gasteiger partial charge on any atom is 0.328 e. The molecule has 0 radical (unpaired) electrons. The van der Waals surface area contributed by atoms with Gasteiger partial charge in [-0.05, 0) is 18.1 Å². The van der Waals surface area contributed by atoms with Crippen molar-refractivity contribution in [1.82, 2.24) is 4.90 Å². The highest BCUT2D eigenvalue weighted by atomic mass is 16.4. The molecule has 0 aliphatic carbocycles. The van der Waals surface area contributed by atoms with Gasteiger partial charge < -0.3 is 15.1 Å². The number of hydrazone groups is 1. The molecule has 2 aliphatic heterocycles. The molecule has 1 amide bonds. The Morgan fingerprint density at radius 2 is 1.76 bits per heavy atom. The van der Waals surface area contributed by atoms with Gasteiger partial charge in [-0.2, -0.15) is 5.10 Å². The molecule has 0 bridgehead atoms. The summed E-state index contributed by atoms with van der Waals surface area (Å²) in [6.45, 7) is 2.24. The summed E-state index contributed by atoms with van der Waals surface area (Å²) in [5.41, 5.74) is 0.741. The van der Waals surface area contributed by atoms with Crippen LogP contribution in [0.3, 0.4) is 0 Å². The van der Waals surface area contributed by atoms with E-state index in [1.807, 2.05) is 6.07 Å². The van der Waals surface area contributed by atoms with Crippen molar-refractivity contribution in [3.8, 4) is 0 Å². The molecule has 0 saturated carbocycles. The predicted molar refractivity (Wildman–Crippen MR) is 89.3 cm³/mol. The predicted octanol–water partition coefficient (Wildman–Crippen LogP) is 0.885. The van der Waals surface area contributed by atoms with Crippen molar-refractivity contribution in [2.24, 2.45) is 16.9 Å². The third kappa shape index (κ3) is 3.19. The molecule has 1 fully saturated rings. The number of anilines is 1. The van der Waals surface area contributed by atoms with E-state index in [4.69, 9.17) is 0 Å². The average Bonchev–Trinajstić information content (AvgIpc) is 3.19. The van der Waals surface area contributed by atoms with Gasteiger partial charge in [0.2, 0.25) is 0 Å². The lowest BCUT2D eigenvalue weighted by Gasteiger charge is -2.19. The van der Waals surface area contributed by atoms with Crippen LogP contribution in [0.5, 0.6) is 0 Å². The minimum absolute atomic E-state index is 0.00825. The lowest BCUT2D eigenvalue weighted by atomic mass is 9.99. The Morgan fingerprint density at radius 3 is 2.32 bits per heavy atom. The number of hydrogen-bond acceptors (Lipinski definition) is 5. The van der Waals surface area contributed by atoms with Crippen molar-refractivity contribution in [3.05, 3.63) is 30.3 Å². The molecule has 0 aromatic heterocycles. The van der Waals surface area contributed by atoms with Gasteiger partial charge in [0.25, 0.3) is 5.91 Å². The number of aliphatic carboxylic acids is 2. The fourth-order valence-electron chi connectivity index (χ4n) is 3.29. The topological polar surface area (TPSA) is 111 Å². The summed E-state index contributed by atoms with van der Waals surface area (Å²) in [6.07, 6.45) is -0.00825. The quantitative estimate of drug-likeness (QED) is 0.838. The van der Waals surface area contributed by atoms with E-state index in [1.165, 1.54) is 9.91 Å². The maximum absolute atomic E-state index is 12.7. The molecule has 1 aromatic carbocycles. The van der Waals surface area contributed by atoms with Crippen LogP contribution in [0.25, 0.3) is 0 Å². The molecule has 2 heterocycles. The number of nitrogens with zero attached hydrogens (tertiary/aromatic N) is 3. The van der Waals surface area contributed by atoms with E-state index < -0.39 is 23.9 Å². The molecule has 2 aliphatic rings. The summed E-state index contributed by atoms with van der Waals surface area (Å²) in [5.74, 6) is -3.13. The van der Waals surface area contributed by atoms with Gasteiger partial charge in [0.1, 0.15) is 5.71 Å². The van der Waals surface area contributed by atoms with Crippen LogP contribution >= 0.6 is 0 Å². The summed E-state index contributed by atoms with van der Waals surface area (Å²) < 4.78 is 0. The van der Waals surface area contributed by atoms with Gasteiger partial charge >= 0.3 is 11.9 Å². The van der Waals surface area contributed by atoms with E-state index >= 15 is 0 Å². The van der Waals surface area contributed by atoms with Crippen LogP contribution in [-0.2, 0) is 14.4 Å². The van der Waals surface area contributed by atoms with Crippen molar-refractivity contribution in [1.29, 1.82) is 0 Å². The minimum atomic E-state index is -1.06. The second kappa shape index (κ2) is 6.54. The second-order valence-corrected chi connectivity index (χ2v) is 6.42. The summed E-state index contributed by atoms with van der Waals surface area (Å²) in [6, 6.07) is 7.85. The normalized spacial score (nSPS) is 25.8. The lowest BCUT2D eigenvalue weighted by molar-refractivity contribution is -0.142. The maximum atomic E-state index is 12.7. The van der Waals surface area contributed by atoms with Crippen molar-refractivity contribution < 1.29 is 24.6 Å². The van der Waals surface area contributed by atoms with Gasteiger partial charge in [0, 0.05) is 19.5 Å². The number of likely N-dealkylation sites (tertiary alicyclic amines) is 1. The first-order chi connectivity index (χ1) is 11.9. The highest BCUT2D eigenvalue weighted by Gasteiger charge is 2.42. The van der Waals surface area contributed by atoms with E-state index in [0.29, 0.717) is 12.2 Å². The van der Waals surface area contributed by atoms with Crippen molar-refractivity contribution in [2.75, 3.05) is 18.1 Å². The second-order valence-electron chi connectivity index (χ2n) is 6.42. The van der Waals surface area contributed by atoms with Gasteiger partial charge in [-0.1, -0.05) is 25.1 Å². The van der Waals surface area contributed by atoms with Gasteiger partial charge in [-0.3, -0.25) is 14.6 Å². The van der Waals surface area contributed by atoms with Crippen molar-refractivity contribution in [2.45, 2.75) is 19.4 Å². The fourth-order valence-corrected chi connectivity index (χ4v) is 3.29. The first kappa shape index (κ1) is 16.9. The third-order valence-electron chi connectivity index (χ3n) is 4.68. The van der Waals surface area contributed by atoms with Gasteiger partial charge in [-0.15, -0.1) is 0 Å². The third-order valence-corrected chi connectivity index (χ3v) is 4.68. The van der Waals surface area contributed by atoms with E-state index in [0.717, 1.165) is 0 Å². The van der Waals surface area contributed by atoms with Crippen LogP contribution in [0.1, 0.15) is 13.3 Å². The number of hydrogen-bond donors (Lipinski definition) is 2. The average molecular weight is 345 g/mol. The van der Waals surface area contributed by atoms with Crippen LogP contribution in [0.15, 0.2) is 35.4 Å². The number of carbonyl (C=O) groups excluding carboxylic acids is 1. The summed E-state index contributed by atoms with van der Waals surface area (Å²) >= 11 is 0. The molecular formula is C17H19N3O5. The Bertz CT molecular complexity index is 733. The Hall–Kier alpha value is -2.90. The highest BCUT2D eigenvalue weighted by molar-refractivity contribution is 6.40. The molecule has 8 heteroatoms. The number of carboxylic acid groups (broad SMARTS) is 2. The molecule has 3 rings (SSSR count). The number of rotatable bonds is 4. The summed E-state index contributed by atoms with van der Waals surface area (Å²) in [4.78, 5) is 36.9. The molecule has 0 spiro atoms. The van der Waals surface area contributed by atoms with Crippen LogP contribution in [-0.4, -0.2) is 57.8 Å². The van der Waals surface area contributed by atoms with E-state index in [1.54, 1.807) is 31.2 Å².